The third-order valence-electron chi connectivity index (χ3n) is 4.01. The van der Waals surface area contributed by atoms with Crippen molar-refractivity contribution in [1.82, 2.24) is 5.32 Å². The fourth-order valence-corrected chi connectivity index (χ4v) is 4.69. The second kappa shape index (κ2) is 7.00. The first-order valence-corrected chi connectivity index (χ1v) is 9.34. The molecule has 24 heavy (non-hydrogen) atoms. The third kappa shape index (κ3) is 3.09. The van der Waals surface area contributed by atoms with Crippen LogP contribution in [0.2, 0.25) is 0 Å². The van der Waals surface area contributed by atoms with E-state index in [0.29, 0.717) is 19.5 Å². The van der Waals surface area contributed by atoms with Gasteiger partial charge in [0.2, 0.25) is 0 Å². The van der Waals surface area contributed by atoms with Crippen LogP contribution in [-0.2, 0) is 0 Å². The number of nitrogens with zero attached hydrogens (tertiary/aromatic N) is 2. The molecule has 2 aromatic rings. The lowest BCUT2D eigenvalue weighted by atomic mass is 10.2. The van der Waals surface area contributed by atoms with Crippen molar-refractivity contribution in [2.75, 3.05) is 28.7 Å². The number of hydrogen-bond donors (Lipinski definition) is 4. The number of benzene rings is 2. The summed E-state index contributed by atoms with van der Waals surface area (Å²) in [4.78, 5) is 0. The third-order valence-corrected chi connectivity index (χ3v) is 5.87. The normalized spacial score (nSPS) is 18.3. The molecule has 7 heteroatoms. The SMILES string of the molecule is CNC[C@H](O)CCN1c2ccccc2N(c2ccccc2)S1(O)O. The van der Waals surface area contributed by atoms with Crippen LogP contribution in [0.3, 0.4) is 0 Å². The lowest BCUT2D eigenvalue weighted by molar-refractivity contribution is 0.167. The van der Waals surface area contributed by atoms with Crippen LogP contribution in [0.1, 0.15) is 6.42 Å². The Morgan fingerprint density at radius 1 is 1.00 bits per heavy atom. The fourth-order valence-electron chi connectivity index (χ4n) is 2.90. The van der Waals surface area contributed by atoms with E-state index in [-0.39, 0.29) is 0 Å². The number of aliphatic hydroxyl groups is 1. The topological polar surface area (TPSA) is 79.2 Å². The van der Waals surface area contributed by atoms with Gasteiger partial charge in [0.1, 0.15) is 0 Å². The minimum Gasteiger partial charge on any atom is -0.392 e. The van der Waals surface area contributed by atoms with Crippen LogP contribution in [0.25, 0.3) is 0 Å². The van der Waals surface area contributed by atoms with Crippen LogP contribution in [0, 0.1) is 0 Å². The van der Waals surface area contributed by atoms with E-state index in [1.807, 2.05) is 54.6 Å². The number of rotatable bonds is 6. The lowest BCUT2D eigenvalue weighted by Crippen LogP contribution is -2.34. The average Bonchev–Trinajstić information content (AvgIpc) is 2.80. The molecule has 0 fully saturated rings. The lowest BCUT2D eigenvalue weighted by Gasteiger charge is -2.44. The number of likely N-dealkylation sites (N-methyl/N-ethyl adjacent to an activating group) is 1. The minimum atomic E-state index is -3.22. The Balaban J connectivity index is 1.93. The van der Waals surface area contributed by atoms with E-state index in [2.05, 4.69) is 5.32 Å². The number of fused-ring (bicyclic) bond motifs is 1. The van der Waals surface area contributed by atoms with Crippen molar-refractivity contribution < 1.29 is 14.2 Å². The summed E-state index contributed by atoms with van der Waals surface area (Å²) in [5.74, 6) is 0. The van der Waals surface area contributed by atoms with Gasteiger partial charge in [-0.15, -0.1) is 0 Å². The molecule has 1 atom stereocenters. The van der Waals surface area contributed by atoms with Gasteiger partial charge in [0.15, 0.2) is 0 Å². The first-order valence-electron chi connectivity index (χ1n) is 7.88. The molecule has 4 N–H and O–H groups in total. The van der Waals surface area contributed by atoms with Crippen LogP contribution in [0.5, 0.6) is 0 Å². The van der Waals surface area contributed by atoms with Crippen LogP contribution < -0.4 is 13.9 Å². The van der Waals surface area contributed by atoms with Crippen molar-refractivity contribution in [3.63, 3.8) is 0 Å². The predicted molar refractivity (Wildman–Crippen MR) is 99.8 cm³/mol. The average molecular weight is 349 g/mol. The molecule has 0 spiro atoms. The van der Waals surface area contributed by atoms with Crippen molar-refractivity contribution in [3.05, 3.63) is 54.6 Å². The quantitative estimate of drug-likeness (QED) is 0.641. The highest BCUT2D eigenvalue weighted by Gasteiger charge is 2.41. The summed E-state index contributed by atoms with van der Waals surface area (Å²) in [6, 6.07) is 16.8. The highest BCUT2D eigenvalue weighted by Crippen LogP contribution is 2.63. The first kappa shape index (κ1) is 17.1. The summed E-state index contributed by atoms with van der Waals surface area (Å²) >= 11 is 0. The maximum atomic E-state index is 10.9. The van der Waals surface area contributed by atoms with Gasteiger partial charge in [-0.3, -0.25) is 13.4 Å². The Morgan fingerprint density at radius 2 is 1.62 bits per heavy atom. The molecule has 0 saturated heterocycles. The standard InChI is InChI=1S/C17H23N3O3S/c1-18-13-15(21)11-12-19-16-9-5-6-10-17(16)20(24(19,22)23)14-7-3-2-4-8-14/h2-10,15,18,21-23H,11-13H2,1H3/t15-/m1/s1. The van der Waals surface area contributed by atoms with Gasteiger partial charge >= 0.3 is 0 Å². The molecule has 0 saturated carbocycles. The van der Waals surface area contributed by atoms with Crippen molar-refractivity contribution >= 4 is 28.0 Å². The van der Waals surface area contributed by atoms with E-state index in [4.69, 9.17) is 0 Å². The molecule has 0 bridgehead atoms. The van der Waals surface area contributed by atoms with E-state index in [1.54, 1.807) is 15.7 Å². The van der Waals surface area contributed by atoms with E-state index in [1.165, 1.54) is 0 Å². The summed E-state index contributed by atoms with van der Waals surface area (Å²) in [6.45, 7) is 0.822. The highest BCUT2D eigenvalue weighted by atomic mass is 32.3. The zero-order valence-electron chi connectivity index (χ0n) is 13.5. The van der Waals surface area contributed by atoms with Crippen LogP contribution >= 0.6 is 11.0 Å². The Bertz CT molecular complexity index is 684. The van der Waals surface area contributed by atoms with Gasteiger partial charge in [0.25, 0.3) is 0 Å². The summed E-state index contributed by atoms with van der Waals surface area (Å²) in [5.41, 5.74) is 2.24. The Morgan fingerprint density at radius 3 is 2.29 bits per heavy atom. The van der Waals surface area contributed by atoms with Gasteiger partial charge in [0.05, 0.1) is 23.2 Å². The zero-order valence-corrected chi connectivity index (χ0v) is 14.4. The van der Waals surface area contributed by atoms with Crippen LogP contribution in [0.15, 0.2) is 54.6 Å². The molecule has 0 radical (unpaired) electrons. The molecule has 6 nitrogen and oxygen atoms in total. The van der Waals surface area contributed by atoms with Crippen molar-refractivity contribution in [2.45, 2.75) is 12.5 Å². The molecule has 2 aromatic carbocycles. The van der Waals surface area contributed by atoms with Crippen molar-refractivity contribution in [2.24, 2.45) is 0 Å². The Kier molecular flexibility index (Phi) is 4.98. The van der Waals surface area contributed by atoms with E-state index >= 15 is 0 Å². The van der Waals surface area contributed by atoms with Crippen LogP contribution in [-0.4, -0.2) is 40.5 Å². The first-order chi connectivity index (χ1) is 11.6. The van der Waals surface area contributed by atoms with Crippen molar-refractivity contribution in [1.29, 1.82) is 0 Å². The van der Waals surface area contributed by atoms with Gasteiger partial charge in [-0.25, -0.2) is 4.31 Å². The van der Waals surface area contributed by atoms with Gasteiger partial charge in [-0.1, -0.05) is 30.3 Å². The Hall–Kier alpha value is -1.77. The smallest absolute Gasteiger partial charge is 0.0896 e. The summed E-state index contributed by atoms with van der Waals surface area (Å²) < 4.78 is 25.0. The molecule has 0 aliphatic carbocycles. The van der Waals surface area contributed by atoms with Gasteiger partial charge in [-0.05, 0) is 48.7 Å². The second-order valence-corrected chi connectivity index (χ2v) is 7.50. The summed E-state index contributed by atoms with van der Waals surface area (Å²) in [5, 5.41) is 12.9. The molecule has 0 unspecified atom stereocenters. The Labute approximate surface area is 144 Å². The number of aliphatic hydroxyl groups excluding tert-OH is 1. The number of anilines is 3. The monoisotopic (exact) mass is 349 g/mol. The molecule has 0 amide bonds. The van der Waals surface area contributed by atoms with Gasteiger partial charge in [0, 0.05) is 13.1 Å². The maximum absolute atomic E-state index is 10.9. The predicted octanol–water partition coefficient (Wildman–Crippen LogP) is 3.20. The van der Waals surface area contributed by atoms with Gasteiger partial charge < -0.3 is 10.4 Å². The van der Waals surface area contributed by atoms with Crippen LogP contribution in [0.4, 0.5) is 17.1 Å². The molecule has 1 aliphatic rings. The van der Waals surface area contributed by atoms with E-state index < -0.39 is 17.1 Å². The zero-order chi connectivity index (χ0) is 17.2. The minimum absolute atomic E-state index is 0.353. The number of nitrogens with one attached hydrogen (secondary N) is 1. The fraction of sp³-hybridized carbons (Fsp3) is 0.294. The number of hydrogen-bond acceptors (Lipinski definition) is 6. The summed E-state index contributed by atoms with van der Waals surface area (Å²) in [6.07, 6.45) is -0.101. The maximum Gasteiger partial charge on any atom is 0.0896 e. The molecular formula is C17H23N3O3S. The molecule has 1 aliphatic heterocycles. The number of para-hydroxylation sites is 3. The molecular weight excluding hydrogens is 326 g/mol. The molecule has 3 rings (SSSR count). The molecule has 0 aromatic heterocycles. The molecule has 1 heterocycles. The molecule has 130 valence electrons. The van der Waals surface area contributed by atoms with E-state index in [0.717, 1.165) is 17.1 Å². The van der Waals surface area contributed by atoms with Crippen molar-refractivity contribution in [3.8, 4) is 0 Å². The second-order valence-electron chi connectivity index (χ2n) is 5.71. The van der Waals surface area contributed by atoms with E-state index in [9.17, 15) is 14.2 Å². The summed E-state index contributed by atoms with van der Waals surface area (Å²) in [7, 11) is -1.44. The highest BCUT2D eigenvalue weighted by molar-refractivity contribution is 8.27. The largest absolute Gasteiger partial charge is 0.392 e. The van der Waals surface area contributed by atoms with Gasteiger partial charge in [-0.2, -0.15) is 0 Å².